The maximum Gasteiger partial charge on any atom is 0.573 e. The molecule has 1 heterocycles. The standard InChI is InChI=1S/C7H5F3INO2/c8-7(9,10)14-5-1-2-6(11)12-4(5)3-13/h1-2,13H,3H2. The van der Waals surface area contributed by atoms with Crippen molar-refractivity contribution in [1.29, 1.82) is 0 Å². The number of pyridine rings is 1. The van der Waals surface area contributed by atoms with Crippen molar-refractivity contribution in [3.8, 4) is 5.75 Å². The van der Waals surface area contributed by atoms with E-state index in [4.69, 9.17) is 5.11 Å². The minimum atomic E-state index is -4.77. The van der Waals surface area contributed by atoms with Crippen LogP contribution in [0.3, 0.4) is 0 Å². The molecular weight excluding hydrogens is 314 g/mol. The number of nitrogens with zero attached hydrogens (tertiary/aromatic N) is 1. The van der Waals surface area contributed by atoms with Gasteiger partial charge in [-0.05, 0) is 34.7 Å². The zero-order valence-corrected chi connectivity index (χ0v) is 8.83. The molecule has 0 aliphatic heterocycles. The molecule has 1 N–H and O–H groups in total. The predicted octanol–water partition coefficient (Wildman–Crippen LogP) is 2.08. The highest BCUT2D eigenvalue weighted by Crippen LogP contribution is 2.25. The molecule has 3 nitrogen and oxygen atoms in total. The van der Waals surface area contributed by atoms with Crippen LogP contribution in [0.5, 0.6) is 5.75 Å². The van der Waals surface area contributed by atoms with Crippen molar-refractivity contribution < 1.29 is 23.0 Å². The Morgan fingerprint density at radius 3 is 2.57 bits per heavy atom. The van der Waals surface area contributed by atoms with E-state index in [2.05, 4.69) is 9.72 Å². The monoisotopic (exact) mass is 319 g/mol. The van der Waals surface area contributed by atoms with Crippen LogP contribution in [0.2, 0.25) is 0 Å². The summed E-state index contributed by atoms with van der Waals surface area (Å²) in [6, 6.07) is 2.48. The first kappa shape index (κ1) is 11.5. The van der Waals surface area contributed by atoms with E-state index in [0.717, 1.165) is 6.07 Å². The van der Waals surface area contributed by atoms with Gasteiger partial charge in [0.2, 0.25) is 0 Å². The SMILES string of the molecule is OCc1nc(I)ccc1OC(F)(F)F. The summed E-state index contributed by atoms with van der Waals surface area (Å²) in [6.45, 7) is -0.595. The zero-order chi connectivity index (χ0) is 10.8. The third-order valence-electron chi connectivity index (χ3n) is 1.27. The summed E-state index contributed by atoms with van der Waals surface area (Å²) >= 11 is 1.82. The average molecular weight is 319 g/mol. The maximum absolute atomic E-state index is 11.8. The van der Waals surface area contributed by atoms with Gasteiger partial charge in [0.05, 0.1) is 6.61 Å². The first-order chi connectivity index (χ1) is 6.42. The number of rotatable bonds is 2. The fourth-order valence-corrected chi connectivity index (χ4v) is 1.26. The molecule has 0 aliphatic rings. The van der Waals surface area contributed by atoms with Crippen LogP contribution < -0.4 is 4.74 Å². The fraction of sp³-hybridized carbons (Fsp3) is 0.286. The van der Waals surface area contributed by atoms with Crippen LogP contribution in [-0.4, -0.2) is 16.5 Å². The van der Waals surface area contributed by atoms with Crippen LogP contribution in [0.1, 0.15) is 5.69 Å². The number of aromatic nitrogens is 1. The van der Waals surface area contributed by atoms with E-state index < -0.39 is 18.7 Å². The molecule has 0 saturated heterocycles. The summed E-state index contributed by atoms with van der Waals surface area (Å²) in [6.07, 6.45) is -4.77. The Bertz CT molecular complexity index is 329. The minimum Gasteiger partial charge on any atom is -0.404 e. The summed E-state index contributed by atoms with van der Waals surface area (Å²) in [5, 5.41) is 8.73. The lowest BCUT2D eigenvalue weighted by Crippen LogP contribution is -2.18. The van der Waals surface area contributed by atoms with E-state index in [9.17, 15) is 13.2 Å². The molecule has 0 radical (unpaired) electrons. The van der Waals surface area contributed by atoms with Gasteiger partial charge in [0.1, 0.15) is 9.39 Å². The molecule has 0 atom stereocenters. The Morgan fingerprint density at radius 1 is 1.43 bits per heavy atom. The number of ether oxygens (including phenoxy) is 1. The van der Waals surface area contributed by atoms with Gasteiger partial charge in [-0.3, -0.25) is 0 Å². The third kappa shape index (κ3) is 3.29. The van der Waals surface area contributed by atoms with Gasteiger partial charge in [-0.2, -0.15) is 0 Å². The van der Waals surface area contributed by atoms with E-state index in [0.29, 0.717) is 3.70 Å². The van der Waals surface area contributed by atoms with Crippen LogP contribution in [0.4, 0.5) is 13.2 Å². The molecule has 1 rings (SSSR count). The van der Waals surface area contributed by atoms with E-state index in [1.54, 1.807) is 0 Å². The van der Waals surface area contributed by atoms with Gasteiger partial charge >= 0.3 is 6.36 Å². The molecule has 0 spiro atoms. The van der Waals surface area contributed by atoms with Gasteiger partial charge in [0.25, 0.3) is 0 Å². The van der Waals surface area contributed by atoms with Gasteiger partial charge in [-0.1, -0.05) is 0 Å². The number of halogens is 4. The molecule has 0 aromatic carbocycles. The summed E-state index contributed by atoms with van der Waals surface area (Å²) in [5.41, 5.74) is -0.130. The quantitative estimate of drug-likeness (QED) is 0.670. The maximum atomic E-state index is 11.8. The Hall–Kier alpha value is -0.570. The highest BCUT2D eigenvalue weighted by molar-refractivity contribution is 14.1. The van der Waals surface area contributed by atoms with Crippen molar-refractivity contribution in [1.82, 2.24) is 4.98 Å². The molecule has 1 aromatic heterocycles. The van der Waals surface area contributed by atoms with Crippen LogP contribution in [-0.2, 0) is 6.61 Å². The lowest BCUT2D eigenvalue weighted by Gasteiger charge is -2.11. The molecule has 14 heavy (non-hydrogen) atoms. The first-order valence-electron chi connectivity index (χ1n) is 3.44. The molecule has 7 heteroatoms. The van der Waals surface area contributed by atoms with Crippen molar-refractivity contribution in [2.24, 2.45) is 0 Å². The molecule has 0 amide bonds. The number of aliphatic hydroxyl groups is 1. The first-order valence-corrected chi connectivity index (χ1v) is 4.52. The highest BCUT2D eigenvalue weighted by atomic mass is 127. The van der Waals surface area contributed by atoms with Crippen molar-refractivity contribution in [3.05, 3.63) is 21.5 Å². The van der Waals surface area contributed by atoms with Gasteiger partial charge in [0.15, 0.2) is 5.75 Å². The third-order valence-corrected chi connectivity index (χ3v) is 1.87. The van der Waals surface area contributed by atoms with Gasteiger partial charge in [0, 0.05) is 0 Å². The lowest BCUT2D eigenvalue weighted by atomic mass is 10.3. The highest BCUT2D eigenvalue weighted by Gasteiger charge is 2.32. The molecule has 0 fully saturated rings. The van der Waals surface area contributed by atoms with Gasteiger partial charge < -0.3 is 9.84 Å². The van der Waals surface area contributed by atoms with Crippen LogP contribution in [0.15, 0.2) is 12.1 Å². The van der Waals surface area contributed by atoms with E-state index in [1.165, 1.54) is 6.07 Å². The Balaban J connectivity index is 2.97. The second-order valence-electron chi connectivity index (χ2n) is 2.28. The van der Waals surface area contributed by atoms with Crippen molar-refractivity contribution in [2.45, 2.75) is 13.0 Å². The number of hydrogen-bond donors (Lipinski definition) is 1. The van der Waals surface area contributed by atoms with Crippen molar-refractivity contribution in [2.75, 3.05) is 0 Å². The Labute approximate surface area is 91.0 Å². The lowest BCUT2D eigenvalue weighted by molar-refractivity contribution is -0.275. The summed E-state index contributed by atoms with van der Waals surface area (Å²) in [4.78, 5) is 3.69. The predicted molar refractivity (Wildman–Crippen MR) is 49.6 cm³/mol. The van der Waals surface area contributed by atoms with Crippen LogP contribution in [0.25, 0.3) is 0 Å². The number of hydrogen-bond acceptors (Lipinski definition) is 3. The van der Waals surface area contributed by atoms with Gasteiger partial charge in [-0.15, -0.1) is 13.2 Å². The molecule has 78 valence electrons. The van der Waals surface area contributed by atoms with Crippen LogP contribution in [0, 0.1) is 3.70 Å². The van der Waals surface area contributed by atoms with Crippen LogP contribution >= 0.6 is 22.6 Å². The zero-order valence-electron chi connectivity index (χ0n) is 6.68. The summed E-state index contributed by atoms with van der Waals surface area (Å²) < 4.78 is 39.6. The smallest absolute Gasteiger partial charge is 0.404 e. The minimum absolute atomic E-state index is 0.130. The molecule has 0 aliphatic carbocycles. The van der Waals surface area contributed by atoms with E-state index in [-0.39, 0.29) is 5.69 Å². The van der Waals surface area contributed by atoms with Crippen molar-refractivity contribution in [3.63, 3.8) is 0 Å². The molecular formula is C7H5F3INO2. The Morgan fingerprint density at radius 2 is 2.07 bits per heavy atom. The number of alkyl halides is 3. The van der Waals surface area contributed by atoms with Gasteiger partial charge in [-0.25, -0.2) is 4.98 Å². The largest absolute Gasteiger partial charge is 0.573 e. The fourth-order valence-electron chi connectivity index (χ4n) is 0.793. The summed E-state index contributed by atoms with van der Waals surface area (Å²) in [7, 11) is 0. The molecule has 0 unspecified atom stereocenters. The average Bonchev–Trinajstić information content (AvgIpc) is 2.06. The van der Waals surface area contributed by atoms with E-state index >= 15 is 0 Å². The molecule has 1 aromatic rings. The molecule has 0 saturated carbocycles. The van der Waals surface area contributed by atoms with Crippen molar-refractivity contribution >= 4 is 22.6 Å². The number of aliphatic hydroxyl groups excluding tert-OH is 1. The van der Waals surface area contributed by atoms with E-state index in [1.807, 2.05) is 22.6 Å². The summed E-state index contributed by atoms with van der Waals surface area (Å²) in [5.74, 6) is -0.472. The second-order valence-corrected chi connectivity index (χ2v) is 3.39. The normalized spacial score (nSPS) is 11.5. The Kier molecular flexibility index (Phi) is 3.53. The molecule has 0 bridgehead atoms. The topological polar surface area (TPSA) is 42.4 Å². The second kappa shape index (κ2) is 4.30.